The summed E-state index contributed by atoms with van der Waals surface area (Å²) in [5.41, 5.74) is -0.427. The van der Waals surface area contributed by atoms with Crippen LogP contribution in [0.1, 0.15) is 40.0 Å². The lowest BCUT2D eigenvalue weighted by Gasteiger charge is -2.42. The van der Waals surface area contributed by atoms with E-state index < -0.39 is 5.54 Å². The fourth-order valence-electron chi connectivity index (χ4n) is 2.35. The number of likely N-dealkylation sites (tertiary alicyclic amines) is 1. The fraction of sp³-hybridized carbons (Fsp3) is 0.917. The molecule has 1 saturated heterocycles. The molecule has 3 nitrogen and oxygen atoms in total. The van der Waals surface area contributed by atoms with Crippen LogP contribution in [0.2, 0.25) is 0 Å². The average Bonchev–Trinajstić information content (AvgIpc) is 2.26. The van der Waals surface area contributed by atoms with Gasteiger partial charge in [0.05, 0.1) is 7.11 Å². The number of rotatable bonds is 3. The van der Waals surface area contributed by atoms with Gasteiger partial charge in [-0.3, -0.25) is 9.69 Å². The topological polar surface area (TPSA) is 29.5 Å². The standard InChI is InChI=1S/C12H23NO2/c1-5-12(3,11(14)15-4)13-8-6-7-10(2)9-13/h10H,5-9H2,1-4H3/t10-,12-/m0/s1. The number of methoxy groups -OCH3 is 1. The lowest BCUT2D eigenvalue weighted by atomic mass is 9.90. The van der Waals surface area contributed by atoms with Crippen molar-refractivity contribution in [3.63, 3.8) is 0 Å². The molecule has 0 unspecified atom stereocenters. The van der Waals surface area contributed by atoms with E-state index in [1.165, 1.54) is 20.0 Å². The van der Waals surface area contributed by atoms with Crippen molar-refractivity contribution in [2.75, 3.05) is 20.2 Å². The molecule has 0 saturated carbocycles. The highest BCUT2D eigenvalue weighted by Gasteiger charge is 2.40. The summed E-state index contributed by atoms with van der Waals surface area (Å²) >= 11 is 0. The van der Waals surface area contributed by atoms with Gasteiger partial charge in [-0.2, -0.15) is 0 Å². The molecule has 0 bridgehead atoms. The van der Waals surface area contributed by atoms with E-state index in [0.717, 1.165) is 19.5 Å². The molecular formula is C12H23NO2. The zero-order valence-electron chi connectivity index (χ0n) is 10.4. The quantitative estimate of drug-likeness (QED) is 0.672. The minimum Gasteiger partial charge on any atom is -0.468 e. The van der Waals surface area contributed by atoms with Crippen LogP contribution >= 0.6 is 0 Å². The molecule has 0 aromatic rings. The SMILES string of the molecule is CC[C@@](C)(C(=O)OC)N1CCC[C@H](C)C1. The van der Waals surface area contributed by atoms with Crippen molar-refractivity contribution < 1.29 is 9.53 Å². The first-order valence-corrected chi connectivity index (χ1v) is 5.88. The maximum Gasteiger partial charge on any atom is 0.325 e. The maximum atomic E-state index is 11.8. The van der Waals surface area contributed by atoms with E-state index in [2.05, 4.69) is 18.7 Å². The van der Waals surface area contributed by atoms with E-state index >= 15 is 0 Å². The molecule has 0 N–H and O–H groups in total. The van der Waals surface area contributed by atoms with Crippen molar-refractivity contribution in [3.8, 4) is 0 Å². The number of carbonyl (C=O) groups excluding carboxylic acids is 1. The summed E-state index contributed by atoms with van der Waals surface area (Å²) in [6, 6.07) is 0. The minimum absolute atomic E-state index is 0.0981. The molecule has 1 aliphatic heterocycles. The van der Waals surface area contributed by atoms with Crippen LogP contribution in [0.15, 0.2) is 0 Å². The van der Waals surface area contributed by atoms with E-state index in [1.807, 2.05) is 6.92 Å². The second-order valence-electron chi connectivity index (χ2n) is 4.81. The number of hydrogen-bond acceptors (Lipinski definition) is 3. The molecule has 0 radical (unpaired) electrons. The molecule has 0 aliphatic carbocycles. The van der Waals surface area contributed by atoms with Gasteiger partial charge in [-0.1, -0.05) is 13.8 Å². The second-order valence-corrected chi connectivity index (χ2v) is 4.81. The van der Waals surface area contributed by atoms with Crippen LogP contribution < -0.4 is 0 Å². The van der Waals surface area contributed by atoms with Crippen LogP contribution in [0.3, 0.4) is 0 Å². The van der Waals surface area contributed by atoms with Crippen molar-refractivity contribution in [1.29, 1.82) is 0 Å². The lowest BCUT2D eigenvalue weighted by Crippen LogP contribution is -2.55. The molecular weight excluding hydrogens is 190 g/mol. The van der Waals surface area contributed by atoms with E-state index in [0.29, 0.717) is 5.92 Å². The molecule has 0 aromatic carbocycles. The Balaban J connectivity index is 2.75. The Labute approximate surface area is 92.8 Å². The summed E-state index contributed by atoms with van der Waals surface area (Å²) in [5.74, 6) is 0.591. The summed E-state index contributed by atoms with van der Waals surface area (Å²) in [5, 5.41) is 0. The van der Waals surface area contributed by atoms with Crippen LogP contribution in [0.25, 0.3) is 0 Å². The number of carbonyl (C=O) groups is 1. The molecule has 2 atom stereocenters. The first kappa shape index (κ1) is 12.5. The number of hydrogen-bond donors (Lipinski definition) is 0. The Kier molecular flexibility index (Phi) is 4.14. The van der Waals surface area contributed by atoms with Gasteiger partial charge in [0.2, 0.25) is 0 Å². The normalized spacial score (nSPS) is 27.1. The monoisotopic (exact) mass is 213 g/mol. The van der Waals surface area contributed by atoms with E-state index in [-0.39, 0.29) is 5.97 Å². The molecule has 88 valence electrons. The van der Waals surface area contributed by atoms with Crippen molar-refractivity contribution in [3.05, 3.63) is 0 Å². The molecule has 15 heavy (non-hydrogen) atoms. The molecule has 0 aromatic heterocycles. The third-order valence-corrected chi connectivity index (χ3v) is 3.67. The van der Waals surface area contributed by atoms with Gasteiger partial charge in [-0.15, -0.1) is 0 Å². The highest BCUT2D eigenvalue weighted by atomic mass is 16.5. The van der Waals surface area contributed by atoms with Crippen LogP contribution in [0, 0.1) is 5.92 Å². The van der Waals surface area contributed by atoms with Gasteiger partial charge in [-0.05, 0) is 38.6 Å². The van der Waals surface area contributed by atoms with E-state index in [4.69, 9.17) is 4.74 Å². The van der Waals surface area contributed by atoms with Crippen molar-refractivity contribution in [2.45, 2.75) is 45.6 Å². The summed E-state index contributed by atoms with van der Waals surface area (Å²) in [6.07, 6.45) is 3.28. The summed E-state index contributed by atoms with van der Waals surface area (Å²) in [6.45, 7) is 8.33. The minimum atomic E-state index is -0.427. The van der Waals surface area contributed by atoms with Gasteiger partial charge >= 0.3 is 5.97 Å². The highest BCUT2D eigenvalue weighted by molar-refractivity contribution is 5.80. The summed E-state index contributed by atoms with van der Waals surface area (Å²) < 4.78 is 4.91. The predicted octanol–water partition coefficient (Wildman–Crippen LogP) is 2.06. The molecule has 1 aliphatic rings. The van der Waals surface area contributed by atoms with Crippen molar-refractivity contribution in [1.82, 2.24) is 4.90 Å². The molecule has 0 spiro atoms. The van der Waals surface area contributed by atoms with Gasteiger partial charge in [-0.25, -0.2) is 0 Å². The summed E-state index contributed by atoms with van der Waals surface area (Å²) in [4.78, 5) is 14.1. The van der Waals surface area contributed by atoms with Crippen LogP contribution in [-0.4, -0.2) is 36.6 Å². The zero-order chi connectivity index (χ0) is 11.5. The molecule has 1 rings (SSSR count). The third-order valence-electron chi connectivity index (χ3n) is 3.67. The number of piperidine rings is 1. The van der Waals surface area contributed by atoms with Crippen LogP contribution in [0.5, 0.6) is 0 Å². The van der Waals surface area contributed by atoms with Gasteiger partial charge in [0, 0.05) is 6.54 Å². The fourth-order valence-corrected chi connectivity index (χ4v) is 2.35. The van der Waals surface area contributed by atoms with Gasteiger partial charge in [0.1, 0.15) is 5.54 Å². The molecule has 0 amide bonds. The van der Waals surface area contributed by atoms with E-state index in [1.54, 1.807) is 0 Å². The number of esters is 1. The Morgan fingerprint density at radius 1 is 1.60 bits per heavy atom. The predicted molar refractivity (Wildman–Crippen MR) is 60.7 cm³/mol. The largest absolute Gasteiger partial charge is 0.468 e. The Morgan fingerprint density at radius 2 is 2.27 bits per heavy atom. The molecule has 3 heteroatoms. The van der Waals surface area contributed by atoms with E-state index in [9.17, 15) is 4.79 Å². The Morgan fingerprint density at radius 3 is 2.73 bits per heavy atom. The van der Waals surface area contributed by atoms with Gasteiger partial charge < -0.3 is 4.74 Å². The highest BCUT2D eigenvalue weighted by Crippen LogP contribution is 2.27. The smallest absolute Gasteiger partial charge is 0.325 e. The van der Waals surface area contributed by atoms with Crippen LogP contribution in [-0.2, 0) is 9.53 Å². The molecule has 1 heterocycles. The number of ether oxygens (including phenoxy) is 1. The van der Waals surface area contributed by atoms with Crippen LogP contribution in [0.4, 0.5) is 0 Å². The zero-order valence-corrected chi connectivity index (χ0v) is 10.4. The summed E-state index contributed by atoms with van der Waals surface area (Å²) in [7, 11) is 1.48. The Hall–Kier alpha value is -0.570. The number of nitrogens with zero attached hydrogens (tertiary/aromatic N) is 1. The second kappa shape index (κ2) is 4.97. The van der Waals surface area contributed by atoms with Crippen molar-refractivity contribution >= 4 is 5.97 Å². The van der Waals surface area contributed by atoms with Gasteiger partial charge in [0.15, 0.2) is 0 Å². The van der Waals surface area contributed by atoms with Crippen molar-refractivity contribution in [2.24, 2.45) is 5.92 Å². The molecule has 1 fully saturated rings. The Bertz CT molecular complexity index is 230. The maximum absolute atomic E-state index is 11.8. The average molecular weight is 213 g/mol. The first-order chi connectivity index (χ1) is 7.04. The lowest BCUT2D eigenvalue weighted by molar-refractivity contribution is -0.156. The van der Waals surface area contributed by atoms with Gasteiger partial charge in [0.25, 0.3) is 0 Å². The third kappa shape index (κ3) is 2.51. The first-order valence-electron chi connectivity index (χ1n) is 5.88.